The van der Waals surface area contributed by atoms with Crippen LogP contribution in [0.5, 0.6) is 5.75 Å². The van der Waals surface area contributed by atoms with E-state index in [1.54, 1.807) is 7.11 Å². The predicted octanol–water partition coefficient (Wildman–Crippen LogP) is 1.71. The van der Waals surface area contributed by atoms with E-state index in [0.717, 1.165) is 30.6 Å². The van der Waals surface area contributed by atoms with Gasteiger partial charge >= 0.3 is 0 Å². The molecule has 0 bridgehead atoms. The van der Waals surface area contributed by atoms with E-state index in [1.165, 1.54) is 0 Å². The molecule has 0 aromatic heterocycles. The maximum atomic E-state index is 9.48. The van der Waals surface area contributed by atoms with Crippen molar-refractivity contribution >= 4 is 0 Å². The maximum absolute atomic E-state index is 9.48. The molecule has 1 fully saturated rings. The van der Waals surface area contributed by atoms with Crippen molar-refractivity contribution in [1.29, 1.82) is 0 Å². The Balaban J connectivity index is 1.97. The zero-order chi connectivity index (χ0) is 13.7. The van der Waals surface area contributed by atoms with Gasteiger partial charge in [-0.05, 0) is 37.6 Å². The average Bonchev–Trinajstić information content (AvgIpc) is 2.84. The molecule has 1 aliphatic rings. The largest absolute Gasteiger partial charge is 0.490 e. The number of rotatable bonds is 6. The second kappa shape index (κ2) is 6.37. The number of nitrogens with one attached hydrogen (secondary N) is 1. The van der Waals surface area contributed by atoms with Crippen molar-refractivity contribution in [2.75, 3.05) is 20.8 Å². The maximum Gasteiger partial charge on any atom is 0.120 e. The molecule has 106 valence electrons. The van der Waals surface area contributed by atoms with E-state index in [4.69, 9.17) is 9.47 Å². The first-order valence-corrected chi connectivity index (χ1v) is 6.76. The molecule has 1 aliphatic carbocycles. The molecule has 2 rings (SSSR count). The topological polar surface area (TPSA) is 50.7 Å². The fourth-order valence-electron chi connectivity index (χ4n) is 2.70. The lowest BCUT2D eigenvalue weighted by atomic mass is 9.99. The fraction of sp³-hybridized carbons (Fsp3) is 0.600. The number of hydrogen-bond donors (Lipinski definition) is 2. The minimum atomic E-state index is -0.172. The van der Waals surface area contributed by atoms with Crippen molar-refractivity contribution in [1.82, 2.24) is 5.32 Å². The van der Waals surface area contributed by atoms with Crippen LogP contribution in [0.4, 0.5) is 0 Å². The second-order valence-corrected chi connectivity index (χ2v) is 5.25. The van der Waals surface area contributed by atoms with Gasteiger partial charge in [-0.1, -0.05) is 12.1 Å². The Morgan fingerprint density at radius 1 is 1.47 bits per heavy atom. The standard InChI is InChI=1S/C15H23NO3/c1-16-15(11-17)7-6-14(9-15)19-13-5-3-4-12(8-13)10-18-2/h3-5,8,14,16-17H,6-7,9-11H2,1-2H3. The van der Waals surface area contributed by atoms with E-state index < -0.39 is 0 Å². The van der Waals surface area contributed by atoms with Gasteiger partial charge < -0.3 is 19.9 Å². The van der Waals surface area contributed by atoms with Crippen LogP contribution in [0.1, 0.15) is 24.8 Å². The Hall–Kier alpha value is -1.10. The molecule has 1 aromatic carbocycles. The van der Waals surface area contributed by atoms with Gasteiger partial charge in [-0.2, -0.15) is 0 Å². The number of benzene rings is 1. The van der Waals surface area contributed by atoms with E-state index >= 15 is 0 Å². The van der Waals surface area contributed by atoms with Crippen LogP contribution >= 0.6 is 0 Å². The molecular formula is C15H23NO3. The average molecular weight is 265 g/mol. The smallest absolute Gasteiger partial charge is 0.120 e. The van der Waals surface area contributed by atoms with Crippen LogP contribution in [-0.4, -0.2) is 37.5 Å². The van der Waals surface area contributed by atoms with Gasteiger partial charge in [0.05, 0.1) is 13.2 Å². The molecule has 4 nitrogen and oxygen atoms in total. The monoisotopic (exact) mass is 265 g/mol. The summed E-state index contributed by atoms with van der Waals surface area (Å²) in [5.41, 5.74) is 0.939. The number of likely N-dealkylation sites (N-methyl/N-ethyl adjacent to an activating group) is 1. The fourth-order valence-corrected chi connectivity index (χ4v) is 2.70. The number of aliphatic hydroxyl groups is 1. The van der Waals surface area contributed by atoms with Gasteiger partial charge in [0.15, 0.2) is 0 Å². The van der Waals surface area contributed by atoms with Crippen LogP contribution in [0, 0.1) is 0 Å². The van der Waals surface area contributed by atoms with E-state index in [1.807, 2.05) is 31.3 Å². The molecule has 4 heteroatoms. The molecule has 0 aliphatic heterocycles. The summed E-state index contributed by atoms with van der Waals surface area (Å²) in [6, 6.07) is 7.99. The number of methoxy groups -OCH3 is 1. The van der Waals surface area contributed by atoms with Crippen molar-refractivity contribution in [2.45, 2.75) is 37.5 Å². The lowest BCUT2D eigenvalue weighted by molar-refractivity contribution is 0.146. The highest BCUT2D eigenvalue weighted by Crippen LogP contribution is 2.32. The Morgan fingerprint density at radius 2 is 2.32 bits per heavy atom. The lowest BCUT2D eigenvalue weighted by Gasteiger charge is -2.26. The molecule has 0 spiro atoms. The van der Waals surface area contributed by atoms with Crippen molar-refractivity contribution in [3.8, 4) is 5.75 Å². The van der Waals surface area contributed by atoms with E-state index in [0.29, 0.717) is 6.61 Å². The molecule has 2 unspecified atom stereocenters. The minimum absolute atomic E-state index is 0.160. The molecule has 19 heavy (non-hydrogen) atoms. The Bertz CT molecular complexity index is 404. The van der Waals surface area contributed by atoms with E-state index in [9.17, 15) is 5.11 Å². The highest BCUT2D eigenvalue weighted by atomic mass is 16.5. The number of ether oxygens (including phenoxy) is 2. The minimum Gasteiger partial charge on any atom is -0.490 e. The van der Waals surface area contributed by atoms with E-state index in [-0.39, 0.29) is 18.2 Å². The Morgan fingerprint density at radius 3 is 2.95 bits per heavy atom. The third-order valence-electron chi connectivity index (χ3n) is 3.91. The number of aliphatic hydroxyl groups excluding tert-OH is 1. The van der Waals surface area contributed by atoms with Gasteiger partial charge in [0.2, 0.25) is 0 Å². The summed E-state index contributed by atoms with van der Waals surface area (Å²) in [7, 11) is 3.59. The van der Waals surface area contributed by atoms with Gasteiger partial charge in [0, 0.05) is 19.1 Å². The number of hydrogen-bond acceptors (Lipinski definition) is 4. The Kier molecular flexibility index (Phi) is 4.80. The lowest BCUT2D eigenvalue weighted by Crippen LogP contribution is -2.44. The first-order valence-electron chi connectivity index (χ1n) is 6.76. The molecular weight excluding hydrogens is 242 g/mol. The molecule has 1 aromatic rings. The zero-order valence-corrected chi connectivity index (χ0v) is 11.7. The molecule has 0 amide bonds. The van der Waals surface area contributed by atoms with Crippen LogP contribution in [0.15, 0.2) is 24.3 Å². The summed E-state index contributed by atoms with van der Waals surface area (Å²) in [6.07, 6.45) is 2.92. The summed E-state index contributed by atoms with van der Waals surface area (Å²) in [4.78, 5) is 0. The highest BCUT2D eigenvalue weighted by Gasteiger charge is 2.38. The molecule has 0 saturated heterocycles. The van der Waals surface area contributed by atoms with Crippen molar-refractivity contribution in [3.05, 3.63) is 29.8 Å². The van der Waals surface area contributed by atoms with Crippen LogP contribution in [-0.2, 0) is 11.3 Å². The molecule has 0 radical (unpaired) electrons. The predicted molar refractivity (Wildman–Crippen MR) is 74.3 cm³/mol. The molecule has 2 atom stereocenters. The Labute approximate surface area is 114 Å². The second-order valence-electron chi connectivity index (χ2n) is 5.25. The molecule has 0 heterocycles. The summed E-state index contributed by atoms with van der Waals surface area (Å²) >= 11 is 0. The third kappa shape index (κ3) is 3.47. The van der Waals surface area contributed by atoms with E-state index in [2.05, 4.69) is 5.32 Å². The van der Waals surface area contributed by atoms with Gasteiger partial charge in [0.25, 0.3) is 0 Å². The first-order chi connectivity index (χ1) is 9.21. The van der Waals surface area contributed by atoms with Crippen LogP contribution in [0.3, 0.4) is 0 Å². The van der Waals surface area contributed by atoms with Crippen LogP contribution in [0.25, 0.3) is 0 Å². The zero-order valence-electron chi connectivity index (χ0n) is 11.7. The van der Waals surface area contributed by atoms with Crippen LogP contribution in [0.2, 0.25) is 0 Å². The summed E-state index contributed by atoms with van der Waals surface area (Å²) < 4.78 is 11.1. The summed E-state index contributed by atoms with van der Waals surface area (Å²) in [5, 5.41) is 12.7. The van der Waals surface area contributed by atoms with Crippen molar-refractivity contribution < 1.29 is 14.6 Å². The summed E-state index contributed by atoms with van der Waals surface area (Å²) in [6.45, 7) is 0.756. The third-order valence-corrected chi connectivity index (χ3v) is 3.91. The SMILES string of the molecule is CNC1(CO)CCC(Oc2cccc(COC)c2)C1. The van der Waals surface area contributed by atoms with Crippen LogP contribution < -0.4 is 10.1 Å². The molecule has 2 N–H and O–H groups in total. The van der Waals surface area contributed by atoms with Gasteiger partial charge in [0.1, 0.15) is 11.9 Å². The molecule has 1 saturated carbocycles. The van der Waals surface area contributed by atoms with Crippen molar-refractivity contribution in [3.63, 3.8) is 0 Å². The van der Waals surface area contributed by atoms with Crippen molar-refractivity contribution in [2.24, 2.45) is 0 Å². The quantitative estimate of drug-likeness (QED) is 0.822. The van der Waals surface area contributed by atoms with Gasteiger partial charge in [-0.3, -0.25) is 0 Å². The van der Waals surface area contributed by atoms with Gasteiger partial charge in [-0.25, -0.2) is 0 Å². The van der Waals surface area contributed by atoms with Gasteiger partial charge in [-0.15, -0.1) is 0 Å². The summed E-state index contributed by atoms with van der Waals surface area (Å²) in [5.74, 6) is 0.879. The first kappa shape index (κ1) is 14.3. The highest BCUT2D eigenvalue weighted by molar-refractivity contribution is 5.28. The normalized spacial score (nSPS) is 26.6.